The van der Waals surface area contributed by atoms with Crippen molar-refractivity contribution in [1.29, 1.82) is 0 Å². The number of hydrogen-bond donors (Lipinski definition) is 1. The first-order chi connectivity index (χ1) is 9.16. The van der Waals surface area contributed by atoms with Gasteiger partial charge >= 0.3 is 0 Å². The Kier molecular flexibility index (Phi) is 4.68. The molecule has 2 aromatic rings. The molecule has 2 atom stereocenters. The van der Waals surface area contributed by atoms with Gasteiger partial charge in [-0.1, -0.05) is 42.4 Å². The first kappa shape index (κ1) is 13.7. The molecule has 102 valence electrons. The van der Waals surface area contributed by atoms with Crippen molar-refractivity contribution in [1.82, 2.24) is 15.5 Å². The molecule has 0 radical (unpaired) electrons. The highest BCUT2D eigenvalue weighted by Gasteiger charge is 2.13. The van der Waals surface area contributed by atoms with Crippen LogP contribution < -0.4 is 5.32 Å². The summed E-state index contributed by atoms with van der Waals surface area (Å²) in [5.41, 5.74) is 1.36. The standard InChI is InChI=1S/C15H21N3O/c1-11(14-7-5-4-6-8-14)12(2)16-10-9-15-17-13(3)18-19-15/h4-8,11-12,16H,9-10H2,1-3H3/t11-,12+/m1/s1. The van der Waals surface area contributed by atoms with Crippen molar-refractivity contribution in [3.63, 3.8) is 0 Å². The van der Waals surface area contributed by atoms with Crippen LogP contribution in [0.3, 0.4) is 0 Å². The molecule has 1 N–H and O–H groups in total. The summed E-state index contributed by atoms with van der Waals surface area (Å²) in [6.45, 7) is 7.13. The Balaban J connectivity index is 1.79. The minimum absolute atomic E-state index is 0.409. The lowest BCUT2D eigenvalue weighted by Gasteiger charge is -2.21. The zero-order chi connectivity index (χ0) is 13.7. The molecule has 1 heterocycles. The molecule has 4 nitrogen and oxygen atoms in total. The Labute approximate surface area is 114 Å². The minimum atomic E-state index is 0.409. The van der Waals surface area contributed by atoms with Crippen LogP contribution in [0, 0.1) is 6.92 Å². The van der Waals surface area contributed by atoms with Crippen molar-refractivity contribution in [2.75, 3.05) is 6.54 Å². The lowest BCUT2D eigenvalue weighted by atomic mass is 9.94. The number of nitrogens with zero attached hydrogens (tertiary/aromatic N) is 2. The van der Waals surface area contributed by atoms with Gasteiger partial charge in [0.05, 0.1) is 0 Å². The molecule has 2 rings (SSSR count). The van der Waals surface area contributed by atoms with Crippen LogP contribution in [0.1, 0.15) is 37.0 Å². The van der Waals surface area contributed by atoms with E-state index in [1.165, 1.54) is 5.56 Å². The summed E-state index contributed by atoms with van der Waals surface area (Å²) < 4.78 is 5.09. The van der Waals surface area contributed by atoms with E-state index in [0.717, 1.165) is 13.0 Å². The molecule has 0 saturated carbocycles. The van der Waals surface area contributed by atoms with Gasteiger partial charge in [0.2, 0.25) is 5.89 Å². The lowest BCUT2D eigenvalue weighted by Crippen LogP contribution is -2.32. The Morgan fingerprint density at radius 1 is 1.21 bits per heavy atom. The zero-order valence-corrected chi connectivity index (χ0v) is 11.8. The zero-order valence-electron chi connectivity index (χ0n) is 11.8. The van der Waals surface area contributed by atoms with Crippen molar-refractivity contribution in [2.24, 2.45) is 0 Å². The third kappa shape index (κ3) is 3.89. The van der Waals surface area contributed by atoms with E-state index in [9.17, 15) is 0 Å². The van der Waals surface area contributed by atoms with E-state index < -0.39 is 0 Å². The Morgan fingerprint density at radius 3 is 2.58 bits per heavy atom. The van der Waals surface area contributed by atoms with Gasteiger partial charge in [-0.25, -0.2) is 0 Å². The average Bonchev–Trinajstić information content (AvgIpc) is 2.84. The number of aryl methyl sites for hydroxylation is 1. The highest BCUT2D eigenvalue weighted by atomic mass is 16.5. The van der Waals surface area contributed by atoms with E-state index in [1.807, 2.05) is 13.0 Å². The molecule has 0 fully saturated rings. The fourth-order valence-electron chi connectivity index (χ4n) is 2.07. The largest absolute Gasteiger partial charge is 0.339 e. The molecule has 0 aliphatic rings. The first-order valence-electron chi connectivity index (χ1n) is 6.74. The number of hydrogen-bond acceptors (Lipinski definition) is 4. The highest BCUT2D eigenvalue weighted by molar-refractivity contribution is 5.20. The number of benzene rings is 1. The number of nitrogens with one attached hydrogen (secondary N) is 1. The fourth-order valence-corrected chi connectivity index (χ4v) is 2.07. The third-order valence-electron chi connectivity index (χ3n) is 3.45. The predicted octanol–water partition coefficient (Wildman–Crippen LogP) is 2.70. The van der Waals surface area contributed by atoms with Crippen molar-refractivity contribution in [2.45, 2.75) is 39.2 Å². The smallest absolute Gasteiger partial charge is 0.227 e. The number of rotatable bonds is 6. The van der Waals surface area contributed by atoms with Crippen LogP contribution >= 0.6 is 0 Å². The van der Waals surface area contributed by atoms with Gasteiger partial charge in [-0.05, 0) is 25.3 Å². The van der Waals surface area contributed by atoms with E-state index in [0.29, 0.717) is 23.7 Å². The Bertz CT molecular complexity index is 495. The van der Waals surface area contributed by atoms with Crippen LogP contribution in [0.15, 0.2) is 34.9 Å². The number of aromatic nitrogens is 2. The topological polar surface area (TPSA) is 51.0 Å². The van der Waals surface area contributed by atoms with Crippen LogP contribution in [-0.2, 0) is 6.42 Å². The van der Waals surface area contributed by atoms with Gasteiger partial charge in [-0.2, -0.15) is 4.98 Å². The van der Waals surface area contributed by atoms with Gasteiger partial charge in [0, 0.05) is 19.0 Å². The summed E-state index contributed by atoms with van der Waals surface area (Å²) in [4.78, 5) is 4.19. The van der Waals surface area contributed by atoms with Crippen LogP contribution in [0.25, 0.3) is 0 Å². The Hall–Kier alpha value is -1.68. The van der Waals surface area contributed by atoms with E-state index in [4.69, 9.17) is 4.52 Å². The van der Waals surface area contributed by atoms with Crippen LogP contribution in [-0.4, -0.2) is 22.7 Å². The molecular weight excluding hydrogens is 238 g/mol. The van der Waals surface area contributed by atoms with Crippen LogP contribution in [0.2, 0.25) is 0 Å². The van der Waals surface area contributed by atoms with E-state index in [2.05, 4.69) is 53.6 Å². The molecule has 4 heteroatoms. The fraction of sp³-hybridized carbons (Fsp3) is 0.467. The SMILES string of the molecule is Cc1noc(CCN[C@@H](C)[C@@H](C)c2ccccc2)n1. The lowest BCUT2D eigenvalue weighted by molar-refractivity contribution is 0.367. The first-order valence-corrected chi connectivity index (χ1v) is 6.74. The second-order valence-electron chi connectivity index (χ2n) is 4.93. The molecule has 0 amide bonds. The molecule has 0 spiro atoms. The minimum Gasteiger partial charge on any atom is -0.339 e. The predicted molar refractivity (Wildman–Crippen MR) is 75.1 cm³/mol. The van der Waals surface area contributed by atoms with E-state index >= 15 is 0 Å². The van der Waals surface area contributed by atoms with Crippen molar-refractivity contribution in [3.05, 3.63) is 47.6 Å². The summed E-state index contributed by atoms with van der Waals surface area (Å²) >= 11 is 0. The van der Waals surface area contributed by atoms with Crippen LogP contribution in [0.5, 0.6) is 0 Å². The molecule has 1 aromatic heterocycles. The highest BCUT2D eigenvalue weighted by Crippen LogP contribution is 2.18. The van der Waals surface area contributed by atoms with Gasteiger partial charge in [0.25, 0.3) is 0 Å². The maximum absolute atomic E-state index is 5.09. The molecule has 0 unspecified atom stereocenters. The quantitative estimate of drug-likeness (QED) is 0.866. The van der Waals surface area contributed by atoms with Crippen molar-refractivity contribution in [3.8, 4) is 0 Å². The van der Waals surface area contributed by atoms with Crippen molar-refractivity contribution >= 4 is 0 Å². The molecule has 0 bridgehead atoms. The monoisotopic (exact) mass is 259 g/mol. The normalized spacial score (nSPS) is 14.3. The van der Waals surface area contributed by atoms with Gasteiger partial charge < -0.3 is 9.84 Å². The van der Waals surface area contributed by atoms with Crippen molar-refractivity contribution < 1.29 is 4.52 Å². The molecule has 19 heavy (non-hydrogen) atoms. The summed E-state index contributed by atoms with van der Waals surface area (Å²) in [5.74, 6) is 1.87. The average molecular weight is 259 g/mol. The Morgan fingerprint density at radius 2 is 1.95 bits per heavy atom. The third-order valence-corrected chi connectivity index (χ3v) is 3.45. The maximum atomic E-state index is 5.09. The summed E-state index contributed by atoms with van der Waals surface area (Å²) in [7, 11) is 0. The molecule has 0 saturated heterocycles. The van der Waals surface area contributed by atoms with E-state index in [-0.39, 0.29) is 0 Å². The molecular formula is C15H21N3O. The second-order valence-corrected chi connectivity index (χ2v) is 4.93. The van der Waals surface area contributed by atoms with Crippen LogP contribution in [0.4, 0.5) is 0 Å². The summed E-state index contributed by atoms with van der Waals surface area (Å²) in [6.07, 6.45) is 0.771. The summed E-state index contributed by atoms with van der Waals surface area (Å²) in [5, 5.41) is 7.29. The second kappa shape index (κ2) is 6.48. The summed E-state index contributed by atoms with van der Waals surface area (Å²) in [6, 6.07) is 11.0. The van der Waals surface area contributed by atoms with Gasteiger partial charge in [-0.15, -0.1) is 0 Å². The maximum Gasteiger partial charge on any atom is 0.227 e. The molecule has 0 aliphatic carbocycles. The van der Waals surface area contributed by atoms with Gasteiger partial charge in [0.1, 0.15) is 0 Å². The van der Waals surface area contributed by atoms with Gasteiger partial charge in [-0.3, -0.25) is 0 Å². The molecule has 0 aliphatic heterocycles. The van der Waals surface area contributed by atoms with Gasteiger partial charge in [0.15, 0.2) is 5.82 Å². The molecule has 1 aromatic carbocycles. The van der Waals surface area contributed by atoms with E-state index in [1.54, 1.807) is 0 Å².